The summed E-state index contributed by atoms with van der Waals surface area (Å²) in [6, 6.07) is 0. The molecule has 1 saturated carbocycles. The summed E-state index contributed by atoms with van der Waals surface area (Å²) >= 11 is 0. The average Bonchev–Trinajstić information content (AvgIpc) is 2.06. The summed E-state index contributed by atoms with van der Waals surface area (Å²) in [6.45, 7) is 3.60. The Bertz CT molecular complexity index is 164. The van der Waals surface area contributed by atoms with Gasteiger partial charge in [0, 0.05) is 17.8 Å². The minimum Gasteiger partial charge on any atom is -0.380 e. The van der Waals surface area contributed by atoms with Gasteiger partial charge in [-0.25, -0.2) is 0 Å². The zero-order chi connectivity index (χ0) is 6.48. The van der Waals surface area contributed by atoms with Gasteiger partial charge in [0.05, 0.1) is 13.2 Å². The van der Waals surface area contributed by atoms with E-state index >= 15 is 0 Å². The number of fused-ring (bicyclic) bond motifs is 1. The van der Waals surface area contributed by atoms with E-state index in [1.165, 1.54) is 0 Å². The molecule has 1 aliphatic carbocycles. The molecular formula is C7H10O2. The largest absolute Gasteiger partial charge is 0.380 e. The number of Topliss-reactive ketones (excluding diaryl/α,β-unsaturated/α-hetero) is 1. The highest BCUT2D eigenvalue weighted by Gasteiger charge is 2.53. The first kappa shape index (κ1) is 5.42. The Labute approximate surface area is 54.2 Å². The van der Waals surface area contributed by atoms with Crippen LogP contribution in [0, 0.1) is 11.3 Å². The molecule has 9 heavy (non-hydrogen) atoms. The third-order valence-electron chi connectivity index (χ3n) is 2.52. The van der Waals surface area contributed by atoms with Crippen LogP contribution in [0.2, 0.25) is 0 Å². The highest BCUT2D eigenvalue weighted by molar-refractivity contribution is 5.89. The first-order valence-corrected chi connectivity index (χ1v) is 3.33. The maximum atomic E-state index is 10.8. The van der Waals surface area contributed by atoms with Crippen molar-refractivity contribution in [3.63, 3.8) is 0 Å². The van der Waals surface area contributed by atoms with Crippen molar-refractivity contribution in [2.45, 2.75) is 13.3 Å². The quantitative estimate of drug-likeness (QED) is 0.475. The van der Waals surface area contributed by atoms with E-state index in [1.54, 1.807) is 0 Å². The topological polar surface area (TPSA) is 26.3 Å². The number of hydrogen-bond acceptors (Lipinski definition) is 2. The van der Waals surface area contributed by atoms with Crippen LogP contribution in [0.15, 0.2) is 0 Å². The molecule has 50 valence electrons. The van der Waals surface area contributed by atoms with Gasteiger partial charge in [-0.3, -0.25) is 4.79 Å². The summed E-state index contributed by atoms with van der Waals surface area (Å²) in [7, 11) is 0. The van der Waals surface area contributed by atoms with Crippen LogP contribution in [0.3, 0.4) is 0 Å². The van der Waals surface area contributed by atoms with Crippen molar-refractivity contribution in [3.05, 3.63) is 0 Å². The zero-order valence-corrected chi connectivity index (χ0v) is 5.52. The van der Waals surface area contributed by atoms with Gasteiger partial charge in [0.1, 0.15) is 5.78 Å². The lowest BCUT2D eigenvalue weighted by molar-refractivity contribution is -0.137. The number of ketones is 1. The summed E-state index contributed by atoms with van der Waals surface area (Å²) in [5, 5.41) is 0. The molecule has 0 amide bonds. The van der Waals surface area contributed by atoms with Crippen LogP contribution >= 0.6 is 0 Å². The second-order valence-electron chi connectivity index (χ2n) is 3.36. The molecule has 0 unspecified atom stereocenters. The van der Waals surface area contributed by atoms with Gasteiger partial charge in [-0.15, -0.1) is 0 Å². The Hall–Kier alpha value is -0.370. The van der Waals surface area contributed by atoms with Gasteiger partial charge < -0.3 is 4.74 Å². The molecule has 2 heteroatoms. The summed E-state index contributed by atoms with van der Waals surface area (Å²) < 4.78 is 5.18. The molecule has 2 aliphatic rings. The molecular weight excluding hydrogens is 116 g/mol. The Morgan fingerprint density at radius 2 is 2.56 bits per heavy atom. The zero-order valence-electron chi connectivity index (χ0n) is 5.52. The fourth-order valence-corrected chi connectivity index (χ4v) is 1.76. The maximum absolute atomic E-state index is 10.8. The average molecular weight is 126 g/mol. The summed E-state index contributed by atoms with van der Waals surface area (Å²) in [6.07, 6.45) is 0.748. The molecule has 0 N–H and O–H groups in total. The van der Waals surface area contributed by atoms with E-state index in [0.29, 0.717) is 12.4 Å². The normalized spacial score (nSPS) is 48.6. The number of carbonyl (C=O) groups excluding carboxylic acids is 1. The van der Waals surface area contributed by atoms with Gasteiger partial charge in [0.2, 0.25) is 0 Å². The lowest BCUT2D eigenvalue weighted by atomic mass is 9.63. The van der Waals surface area contributed by atoms with Crippen molar-refractivity contribution in [3.8, 4) is 0 Å². The molecule has 1 heterocycles. The van der Waals surface area contributed by atoms with E-state index in [1.807, 2.05) is 0 Å². The van der Waals surface area contributed by atoms with Gasteiger partial charge >= 0.3 is 0 Å². The van der Waals surface area contributed by atoms with Crippen molar-refractivity contribution in [2.24, 2.45) is 11.3 Å². The molecule has 0 aromatic carbocycles. The first-order valence-electron chi connectivity index (χ1n) is 3.33. The predicted molar refractivity (Wildman–Crippen MR) is 32.0 cm³/mol. The van der Waals surface area contributed by atoms with Crippen LogP contribution in [0.1, 0.15) is 13.3 Å². The van der Waals surface area contributed by atoms with E-state index in [4.69, 9.17) is 4.74 Å². The van der Waals surface area contributed by atoms with E-state index in [0.717, 1.165) is 13.0 Å². The molecule has 0 spiro atoms. The van der Waals surface area contributed by atoms with Crippen LogP contribution in [0.5, 0.6) is 0 Å². The minimum absolute atomic E-state index is 0.233. The predicted octanol–water partition coefficient (Wildman–Crippen LogP) is 0.612. The Balaban J connectivity index is 2.21. The van der Waals surface area contributed by atoms with Crippen molar-refractivity contribution in [1.29, 1.82) is 0 Å². The summed E-state index contributed by atoms with van der Waals surface area (Å²) in [5.74, 6) is 0.646. The van der Waals surface area contributed by atoms with Gasteiger partial charge in [-0.1, -0.05) is 6.92 Å². The third-order valence-corrected chi connectivity index (χ3v) is 2.52. The van der Waals surface area contributed by atoms with Crippen LogP contribution in [-0.4, -0.2) is 19.0 Å². The van der Waals surface area contributed by atoms with Crippen molar-refractivity contribution in [2.75, 3.05) is 13.2 Å². The van der Waals surface area contributed by atoms with E-state index < -0.39 is 0 Å². The Morgan fingerprint density at radius 3 is 3.00 bits per heavy atom. The van der Waals surface area contributed by atoms with Crippen LogP contribution in [-0.2, 0) is 9.53 Å². The maximum Gasteiger partial charge on any atom is 0.139 e. The van der Waals surface area contributed by atoms with Gasteiger partial charge in [0.25, 0.3) is 0 Å². The molecule has 0 aromatic heterocycles. The molecule has 0 radical (unpaired) electrons. The molecule has 2 atom stereocenters. The number of hydrogen-bond donors (Lipinski definition) is 0. The Kier molecular flexibility index (Phi) is 0.826. The summed E-state index contributed by atoms with van der Waals surface area (Å²) in [5.41, 5.74) is 0.233. The van der Waals surface area contributed by atoms with Crippen LogP contribution in [0.25, 0.3) is 0 Å². The third kappa shape index (κ3) is 0.517. The van der Waals surface area contributed by atoms with Crippen LogP contribution in [0.4, 0.5) is 0 Å². The SMILES string of the molecule is C[C@@]12COC[C@@H]1C(=O)C2. The van der Waals surface area contributed by atoms with E-state index in [9.17, 15) is 4.79 Å². The monoisotopic (exact) mass is 126 g/mol. The van der Waals surface area contributed by atoms with Gasteiger partial charge in [0.15, 0.2) is 0 Å². The highest BCUT2D eigenvalue weighted by atomic mass is 16.5. The number of ether oxygens (including phenoxy) is 1. The highest BCUT2D eigenvalue weighted by Crippen LogP contribution is 2.47. The minimum atomic E-state index is 0.233. The molecule has 2 rings (SSSR count). The second kappa shape index (κ2) is 1.37. The van der Waals surface area contributed by atoms with Crippen molar-refractivity contribution in [1.82, 2.24) is 0 Å². The van der Waals surface area contributed by atoms with E-state index in [-0.39, 0.29) is 11.3 Å². The number of carbonyl (C=O) groups is 1. The lowest BCUT2D eigenvalue weighted by Crippen LogP contribution is -2.45. The van der Waals surface area contributed by atoms with Crippen molar-refractivity contribution < 1.29 is 9.53 Å². The molecule has 2 fully saturated rings. The smallest absolute Gasteiger partial charge is 0.139 e. The molecule has 0 aromatic rings. The lowest BCUT2D eigenvalue weighted by Gasteiger charge is -2.37. The standard InChI is InChI=1S/C7H10O2/c1-7-2-6(8)5(7)3-9-4-7/h5H,2-4H2,1H3/t5-,7-/m1/s1. The number of rotatable bonds is 0. The molecule has 1 saturated heterocycles. The molecule has 1 aliphatic heterocycles. The molecule has 0 bridgehead atoms. The fourth-order valence-electron chi connectivity index (χ4n) is 1.76. The Morgan fingerprint density at radius 1 is 1.78 bits per heavy atom. The fraction of sp³-hybridized carbons (Fsp3) is 0.857. The van der Waals surface area contributed by atoms with E-state index in [2.05, 4.69) is 6.92 Å². The van der Waals surface area contributed by atoms with Gasteiger partial charge in [-0.05, 0) is 0 Å². The van der Waals surface area contributed by atoms with Gasteiger partial charge in [-0.2, -0.15) is 0 Å². The summed E-state index contributed by atoms with van der Waals surface area (Å²) in [4.78, 5) is 10.8. The molecule has 2 nitrogen and oxygen atoms in total. The van der Waals surface area contributed by atoms with Crippen molar-refractivity contribution >= 4 is 5.78 Å². The second-order valence-corrected chi connectivity index (χ2v) is 3.36. The first-order chi connectivity index (χ1) is 4.22. The van der Waals surface area contributed by atoms with Crippen LogP contribution < -0.4 is 0 Å².